The number of hydrogen-bond donors (Lipinski definition) is 2. The van der Waals surface area contributed by atoms with Gasteiger partial charge in [0.25, 0.3) is 5.91 Å². The molecule has 4 aromatic rings. The quantitative estimate of drug-likeness (QED) is 0.277. The molecule has 1 aliphatic heterocycles. The number of benzene rings is 3. The van der Waals surface area contributed by atoms with E-state index in [1.807, 2.05) is 66.7 Å². The van der Waals surface area contributed by atoms with Gasteiger partial charge in [-0.3, -0.25) is 14.4 Å². The molecule has 3 aromatic carbocycles. The molecule has 0 saturated heterocycles. The number of anilines is 2. The Balaban J connectivity index is 1.21. The fourth-order valence-electron chi connectivity index (χ4n) is 6.00. The van der Waals surface area contributed by atoms with Gasteiger partial charge >= 0.3 is 0 Å². The van der Waals surface area contributed by atoms with E-state index in [1.54, 1.807) is 25.1 Å². The molecule has 6 rings (SSSR count). The van der Waals surface area contributed by atoms with Gasteiger partial charge in [0, 0.05) is 43.1 Å². The topological polar surface area (TPSA) is 110 Å². The maximum atomic E-state index is 13.4. The monoisotopic (exact) mass is 582 g/mol. The molecule has 0 radical (unpaired) electrons. The summed E-state index contributed by atoms with van der Waals surface area (Å²) in [5.41, 5.74) is 7.39. The van der Waals surface area contributed by atoms with Crippen molar-refractivity contribution in [2.24, 2.45) is 0 Å². The number of thiazole rings is 1. The molecule has 1 unspecified atom stereocenters. The molecule has 3 amide bonds. The Morgan fingerprint density at radius 3 is 2.60 bits per heavy atom. The van der Waals surface area contributed by atoms with Crippen molar-refractivity contribution in [2.75, 3.05) is 31.4 Å². The molecule has 9 nitrogen and oxygen atoms in total. The number of methoxy groups -OCH3 is 2. The summed E-state index contributed by atoms with van der Waals surface area (Å²) >= 11 is 1.32. The van der Waals surface area contributed by atoms with Crippen LogP contribution in [0.1, 0.15) is 44.6 Å². The number of para-hydroxylation sites is 1. The fraction of sp³-hybridized carbons (Fsp3) is 0.250. The second-order valence-corrected chi connectivity index (χ2v) is 11.2. The van der Waals surface area contributed by atoms with Crippen molar-refractivity contribution in [3.63, 3.8) is 0 Å². The lowest BCUT2D eigenvalue weighted by Gasteiger charge is -2.24. The average molecular weight is 583 g/mol. The van der Waals surface area contributed by atoms with E-state index in [0.717, 1.165) is 33.5 Å². The van der Waals surface area contributed by atoms with Crippen molar-refractivity contribution in [1.82, 2.24) is 9.88 Å². The molecule has 1 aliphatic carbocycles. The van der Waals surface area contributed by atoms with Gasteiger partial charge in [-0.1, -0.05) is 48.5 Å². The number of ether oxygens (including phenoxy) is 2. The molecule has 2 aliphatic rings. The Kier molecular flexibility index (Phi) is 7.59. The van der Waals surface area contributed by atoms with Crippen LogP contribution in [0.3, 0.4) is 0 Å². The van der Waals surface area contributed by atoms with Crippen molar-refractivity contribution in [3.8, 4) is 0 Å². The maximum Gasteiger partial charge on any atom is 0.274 e. The standard InChI is InChI=1S/C32H30N4O5S/c1-40-30(41-2)24-8-4-3-7-21(24)16-36(29(38)27-18-42-19-33-27)17-28(37)34-23-12-11-20-14-32(15-22(20)13-23)25-9-5-6-10-26(25)35-31(32)39/h3-13,18-19,30H,14-17H2,1-2H3,(H,34,37)(H,35,39). The Morgan fingerprint density at radius 2 is 1.81 bits per heavy atom. The summed E-state index contributed by atoms with van der Waals surface area (Å²) in [6.07, 6.45) is 0.550. The van der Waals surface area contributed by atoms with E-state index in [4.69, 9.17) is 9.47 Å². The largest absolute Gasteiger partial charge is 0.352 e. The van der Waals surface area contributed by atoms with Crippen molar-refractivity contribution >= 4 is 40.4 Å². The van der Waals surface area contributed by atoms with Gasteiger partial charge < -0.3 is 25.0 Å². The molecule has 10 heteroatoms. The van der Waals surface area contributed by atoms with Crippen molar-refractivity contribution in [3.05, 3.63) is 111 Å². The van der Waals surface area contributed by atoms with Gasteiger partial charge in [0.2, 0.25) is 11.8 Å². The third-order valence-corrected chi connectivity index (χ3v) is 8.56. The Hall–Kier alpha value is -4.38. The van der Waals surface area contributed by atoms with Gasteiger partial charge in [0.05, 0.1) is 10.9 Å². The fourth-order valence-corrected chi connectivity index (χ4v) is 6.52. The molecule has 0 fully saturated rings. The first kappa shape index (κ1) is 27.8. The molecule has 0 saturated carbocycles. The van der Waals surface area contributed by atoms with Gasteiger partial charge in [0.15, 0.2) is 6.29 Å². The first-order valence-electron chi connectivity index (χ1n) is 13.6. The number of amides is 3. The smallest absolute Gasteiger partial charge is 0.274 e. The van der Waals surface area contributed by atoms with Gasteiger partial charge in [-0.25, -0.2) is 4.98 Å². The van der Waals surface area contributed by atoms with Crippen LogP contribution in [0.15, 0.2) is 77.6 Å². The highest BCUT2D eigenvalue weighted by molar-refractivity contribution is 7.07. The van der Waals surface area contributed by atoms with Gasteiger partial charge in [-0.15, -0.1) is 11.3 Å². The van der Waals surface area contributed by atoms with E-state index < -0.39 is 11.7 Å². The molecule has 1 spiro atoms. The Morgan fingerprint density at radius 1 is 1.05 bits per heavy atom. The second kappa shape index (κ2) is 11.5. The predicted octanol–water partition coefficient (Wildman–Crippen LogP) is 4.70. The van der Waals surface area contributed by atoms with Crippen LogP contribution in [-0.2, 0) is 43.9 Å². The zero-order chi connectivity index (χ0) is 29.3. The van der Waals surface area contributed by atoms with Crippen LogP contribution in [0.25, 0.3) is 0 Å². The predicted molar refractivity (Wildman–Crippen MR) is 159 cm³/mol. The summed E-state index contributed by atoms with van der Waals surface area (Å²) in [7, 11) is 3.10. The molecule has 42 heavy (non-hydrogen) atoms. The molecule has 214 valence electrons. The van der Waals surface area contributed by atoms with Gasteiger partial charge in [-0.2, -0.15) is 0 Å². The normalized spacial score (nSPS) is 16.8. The second-order valence-electron chi connectivity index (χ2n) is 10.5. The molecule has 1 aromatic heterocycles. The lowest BCUT2D eigenvalue weighted by Crippen LogP contribution is -2.38. The lowest BCUT2D eigenvalue weighted by molar-refractivity contribution is -0.120. The van der Waals surface area contributed by atoms with Gasteiger partial charge in [0.1, 0.15) is 12.2 Å². The number of rotatable bonds is 9. The number of nitrogens with zero attached hydrogens (tertiary/aromatic N) is 2. The van der Waals surface area contributed by atoms with Crippen molar-refractivity contribution < 1.29 is 23.9 Å². The minimum absolute atomic E-state index is 0.00569. The average Bonchev–Trinajstić information content (AvgIpc) is 3.72. The number of aromatic nitrogens is 1. The number of nitrogens with one attached hydrogen (secondary N) is 2. The third kappa shape index (κ3) is 5.09. The number of carbonyl (C=O) groups excluding carboxylic acids is 3. The summed E-state index contributed by atoms with van der Waals surface area (Å²) in [4.78, 5) is 45.5. The number of carbonyl (C=O) groups is 3. The molecule has 2 heterocycles. The summed E-state index contributed by atoms with van der Waals surface area (Å²) in [6.45, 7) is -0.0312. The molecule has 2 N–H and O–H groups in total. The molecule has 0 bridgehead atoms. The summed E-state index contributed by atoms with van der Waals surface area (Å²) < 4.78 is 10.9. The Bertz CT molecular complexity index is 1650. The van der Waals surface area contributed by atoms with E-state index in [2.05, 4.69) is 15.6 Å². The van der Waals surface area contributed by atoms with Crippen molar-refractivity contribution in [2.45, 2.75) is 31.1 Å². The number of fused-ring (bicyclic) bond motifs is 3. The SMILES string of the molecule is COC(OC)c1ccccc1CN(CC(=O)Nc1ccc2c(c1)CC1(C2)C(=O)Nc2ccccc21)C(=O)c1cscn1. The maximum absolute atomic E-state index is 13.4. The highest BCUT2D eigenvalue weighted by Gasteiger charge is 2.50. The highest BCUT2D eigenvalue weighted by Crippen LogP contribution is 2.47. The van der Waals surface area contributed by atoms with Crippen LogP contribution in [-0.4, -0.2) is 48.4 Å². The van der Waals surface area contributed by atoms with Crippen LogP contribution in [0.5, 0.6) is 0 Å². The van der Waals surface area contributed by atoms with E-state index >= 15 is 0 Å². The van der Waals surface area contributed by atoms with E-state index in [9.17, 15) is 14.4 Å². The zero-order valence-electron chi connectivity index (χ0n) is 23.3. The van der Waals surface area contributed by atoms with Crippen molar-refractivity contribution in [1.29, 1.82) is 0 Å². The van der Waals surface area contributed by atoms with Crippen LogP contribution >= 0.6 is 11.3 Å². The van der Waals surface area contributed by atoms with Crippen LogP contribution in [0.2, 0.25) is 0 Å². The van der Waals surface area contributed by atoms with Crippen LogP contribution < -0.4 is 10.6 Å². The minimum Gasteiger partial charge on any atom is -0.352 e. The van der Waals surface area contributed by atoms with E-state index in [-0.39, 0.29) is 36.5 Å². The van der Waals surface area contributed by atoms with Gasteiger partial charge in [-0.05, 0) is 53.3 Å². The first-order valence-corrected chi connectivity index (χ1v) is 14.5. The minimum atomic E-state index is -0.631. The summed E-state index contributed by atoms with van der Waals surface area (Å²) in [5, 5.41) is 7.65. The van der Waals surface area contributed by atoms with E-state index in [0.29, 0.717) is 18.5 Å². The van der Waals surface area contributed by atoms with Crippen LogP contribution in [0.4, 0.5) is 11.4 Å². The molecule has 1 atom stereocenters. The van der Waals surface area contributed by atoms with E-state index in [1.165, 1.54) is 16.2 Å². The highest BCUT2D eigenvalue weighted by atomic mass is 32.1. The summed E-state index contributed by atoms with van der Waals surface area (Å²) in [5.74, 6) is -0.691. The summed E-state index contributed by atoms with van der Waals surface area (Å²) in [6, 6.07) is 21.1. The lowest BCUT2D eigenvalue weighted by atomic mass is 9.79. The first-order chi connectivity index (χ1) is 20.4. The number of hydrogen-bond acceptors (Lipinski definition) is 7. The Labute approximate surface area is 247 Å². The third-order valence-electron chi connectivity index (χ3n) is 7.97. The molecular weight excluding hydrogens is 552 g/mol. The van der Waals surface area contributed by atoms with Crippen LogP contribution in [0, 0.1) is 0 Å². The zero-order valence-corrected chi connectivity index (χ0v) is 24.1. The molecular formula is C32H30N4O5S.